The van der Waals surface area contributed by atoms with Crippen molar-refractivity contribution in [2.24, 2.45) is 0 Å². The molecule has 2 bridgehead atoms. The molecule has 1 amide bonds. The maximum Gasteiger partial charge on any atom is 0.494 e. The summed E-state index contributed by atoms with van der Waals surface area (Å²) in [6.45, 7) is 9.09. The number of ether oxygens (including phenoxy) is 1. The van der Waals surface area contributed by atoms with Crippen molar-refractivity contribution < 1.29 is 18.8 Å². The molecule has 9 nitrogen and oxygen atoms in total. The molecular formula is C23H26BN5O4. The second-order valence-corrected chi connectivity index (χ2v) is 9.26. The Morgan fingerprint density at radius 1 is 1.09 bits per heavy atom. The number of nitrogens with one attached hydrogen (secondary N) is 1. The van der Waals surface area contributed by atoms with Gasteiger partial charge in [0.05, 0.1) is 23.4 Å². The molecule has 0 radical (unpaired) electrons. The second-order valence-electron chi connectivity index (χ2n) is 9.26. The number of carbonyl (C=O) groups is 1. The van der Waals surface area contributed by atoms with Crippen LogP contribution in [0.5, 0.6) is 5.75 Å². The zero-order chi connectivity index (χ0) is 23.2. The summed E-state index contributed by atoms with van der Waals surface area (Å²) < 4.78 is 20.3. The van der Waals surface area contributed by atoms with Crippen molar-refractivity contribution in [2.75, 3.05) is 11.9 Å². The first kappa shape index (κ1) is 21.6. The summed E-state index contributed by atoms with van der Waals surface area (Å²) in [6.07, 6.45) is 2.39. The molecule has 1 aromatic carbocycles. The minimum Gasteiger partial charge on any atom is -0.493 e. The van der Waals surface area contributed by atoms with Gasteiger partial charge in [-0.2, -0.15) is 0 Å². The Labute approximate surface area is 192 Å². The number of amides is 1. The first-order chi connectivity index (χ1) is 15.7. The molecule has 2 aliphatic heterocycles. The van der Waals surface area contributed by atoms with Crippen LogP contribution in [0.25, 0.3) is 11.5 Å². The monoisotopic (exact) mass is 447 g/mol. The first-order valence-corrected chi connectivity index (χ1v) is 11.0. The standard InChI is InChI=1S/C23H26BN5O4/c1-22(2)23(3,4)33-24(32-22)15-9-10-18-16(13-15)21(30)27-19-8-5-7-17(26-19)20-28-25-14-29(20)11-6-12-31-18/h5,7-10,13-14H,6,11-12H2,1-4H3,(H,26,27,30). The number of aromatic nitrogens is 4. The molecule has 4 heterocycles. The van der Waals surface area contributed by atoms with E-state index in [0.717, 1.165) is 5.46 Å². The van der Waals surface area contributed by atoms with Crippen molar-refractivity contribution in [2.45, 2.75) is 51.9 Å². The van der Waals surface area contributed by atoms with Crippen molar-refractivity contribution in [3.63, 3.8) is 0 Å². The van der Waals surface area contributed by atoms with Crippen LogP contribution in [0.4, 0.5) is 5.82 Å². The number of nitrogens with zero attached hydrogens (tertiary/aromatic N) is 4. The average molecular weight is 447 g/mol. The van der Waals surface area contributed by atoms with Crippen LogP contribution in [0.1, 0.15) is 44.5 Å². The minimum atomic E-state index is -0.580. The van der Waals surface area contributed by atoms with Crippen LogP contribution in [0.15, 0.2) is 42.7 Å². The lowest BCUT2D eigenvalue weighted by atomic mass is 9.78. The van der Waals surface area contributed by atoms with Crippen molar-refractivity contribution in [1.29, 1.82) is 0 Å². The predicted molar refractivity (Wildman–Crippen MR) is 123 cm³/mol. The van der Waals surface area contributed by atoms with Gasteiger partial charge >= 0.3 is 7.12 Å². The van der Waals surface area contributed by atoms with Crippen LogP contribution < -0.4 is 15.5 Å². The molecule has 0 atom stereocenters. The van der Waals surface area contributed by atoms with E-state index in [-0.39, 0.29) is 5.91 Å². The van der Waals surface area contributed by atoms with Gasteiger partial charge in [0.25, 0.3) is 5.91 Å². The number of fused-ring (bicyclic) bond motifs is 5. The van der Waals surface area contributed by atoms with Crippen LogP contribution in [0, 0.1) is 0 Å². The number of rotatable bonds is 1. The molecule has 1 saturated heterocycles. The van der Waals surface area contributed by atoms with Gasteiger partial charge in [-0.05, 0) is 63.8 Å². The maximum atomic E-state index is 13.3. The molecule has 0 aliphatic carbocycles. The van der Waals surface area contributed by atoms with Gasteiger partial charge in [0.1, 0.15) is 23.6 Å². The molecule has 1 N–H and O–H groups in total. The average Bonchev–Trinajstić information content (AvgIpc) is 3.32. The summed E-state index contributed by atoms with van der Waals surface area (Å²) in [6, 6.07) is 10.9. The summed E-state index contributed by atoms with van der Waals surface area (Å²) in [5, 5.41) is 11.1. The molecule has 33 heavy (non-hydrogen) atoms. The summed E-state index contributed by atoms with van der Waals surface area (Å²) in [4.78, 5) is 17.9. The third-order valence-electron chi connectivity index (χ3n) is 6.41. The molecule has 2 aromatic heterocycles. The van der Waals surface area contributed by atoms with Crippen LogP contribution in [-0.4, -0.2) is 50.6 Å². The Morgan fingerprint density at radius 3 is 2.67 bits per heavy atom. The number of anilines is 1. The van der Waals surface area contributed by atoms with Gasteiger partial charge in [0.2, 0.25) is 0 Å². The summed E-state index contributed by atoms with van der Waals surface area (Å²) in [5.41, 5.74) is 0.830. The van der Waals surface area contributed by atoms with Gasteiger partial charge in [0, 0.05) is 6.54 Å². The Bertz CT molecular complexity index is 1190. The van der Waals surface area contributed by atoms with Crippen LogP contribution >= 0.6 is 0 Å². The van der Waals surface area contributed by atoms with E-state index in [1.165, 1.54) is 0 Å². The van der Waals surface area contributed by atoms with Gasteiger partial charge in [-0.25, -0.2) is 4.98 Å². The van der Waals surface area contributed by atoms with E-state index in [0.29, 0.717) is 48.2 Å². The molecule has 0 spiro atoms. The Hall–Kier alpha value is -3.24. The van der Waals surface area contributed by atoms with Crippen molar-refractivity contribution >= 4 is 24.3 Å². The first-order valence-electron chi connectivity index (χ1n) is 11.0. The fourth-order valence-corrected chi connectivity index (χ4v) is 3.82. The Kier molecular flexibility index (Phi) is 5.21. The fraction of sp³-hybridized carbons (Fsp3) is 0.391. The van der Waals surface area contributed by atoms with E-state index in [1.807, 2.05) is 50.5 Å². The van der Waals surface area contributed by atoms with Gasteiger partial charge in [0.15, 0.2) is 5.82 Å². The third kappa shape index (κ3) is 4.00. The highest BCUT2D eigenvalue weighted by Gasteiger charge is 2.51. The molecule has 2 aliphatic rings. The lowest BCUT2D eigenvalue weighted by Crippen LogP contribution is -2.41. The second kappa shape index (κ2) is 7.96. The number of carbonyl (C=O) groups excluding carboxylic acids is 1. The summed E-state index contributed by atoms with van der Waals surface area (Å²) in [7, 11) is -0.580. The SMILES string of the molecule is CC1(C)OB(c2ccc3c(c2)C(=O)Nc2cccc(n2)-c2nncn2CCCO3)OC1(C)C. The zero-order valence-corrected chi connectivity index (χ0v) is 19.2. The highest BCUT2D eigenvalue weighted by molar-refractivity contribution is 6.62. The molecule has 0 unspecified atom stereocenters. The van der Waals surface area contributed by atoms with E-state index in [2.05, 4.69) is 20.5 Å². The fourth-order valence-electron chi connectivity index (χ4n) is 3.82. The van der Waals surface area contributed by atoms with E-state index >= 15 is 0 Å². The van der Waals surface area contributed by atoms with E-state index in [4.69, 9.17) is 14.0 Å². The third-order valence-corrected chi connectivity index (χ3v) is 6.41. The van der Waals surface area contributed by atoms with E-state index in [9.17, 15) is 4.79 Å². The summed E-state index contributed by atoms with van der Waals surface area (Å²) in [5.74, 6) is 1.23. The summed E-state index contributed by atoms with van der Waals surface area (Å²) >= 11 is 0. The zero-order valence-electron chi connectivity index (χ0n) is 19.2. The Balaban J connectivity index is 1.50. The molecular weight excluding hydrogens is 421 g/mol. The van der Waals surface area contributed by atoms with E-state index in [1.54, 1.807) is 24.5 Å². The number of aryl methyl sites for hydroxylation is 1. The van der Waals surface area contributed by atoms with Crippen molar-refractivity contribution in [3.8, 4) is 17.3 Å². The number of hydrogen-bond acceptors (Lipinski definition) is 7. The highest BCUT2D eigenvalue weighted by Crippen LogP contribution is 2.36. The number of pyridine rings is 1. The van der Waals surface area contributed by atoms with Crippen LogP contribution in [-0.2, 0) is 15.9 Å². The largest absolute Gasteiger partial charge is 0.494 e. The lowest BCUT2D eigenvalue weighted by molar-refractivity contribution is 0.00578. The quantitative estimate of drug-likeness (QED) is 0.573. The minimum absolute atomic E-state index is 0.325. The number of benzene rings is 1. The molecule has 0 saturated carbocycles. The van der Waals surface area contributed by atoms with Crippen LogP contribution in [0.2, 0.25) is 0 Å². The molecule has 10 heteroatoms. The van der Waals surface area contributed by atoms with Crippen LogP contribution in [0.3, 0.4) is 0 Å². The maximum absolute atomic E-state index is 13.3. The molecule has 170 valence electrons. The smallest absolute Gasteiger partial charge is 0.493 e. The predicted octanol–water partition coefficient (Wildman–Crippen LogP) is 2.67. The lowest BCUT2D eigenvalue weighted by Gasteiger charge is -2.32. The molecule has 1 fully saturated rings. The highest BCUT2D eigenvalue weighted by atomic mass is 16.7. The Morgan fingerprint density at radius 2 is 1.88 bits per heavy atom. The molecule has 3 aromatic rings. The normalized spacial score (nSPS) is 19.3. The number of hydrogen-bond donors (Lipinski definition) is 1. The van der Waals surface area contributed by atoms with Gasteiger partial charge < -0.3 is 23.9 Å². The molecule has 5 rings (SSSR count). The van der Waals surface area contributed by atoms with E-state index < -0.39 is 18.3 Å². The van der Waals surface area contributed by atoms with Gasteiger partial charge in [-0.3, -0.25) is 4.79 Å². The van der Waals surface area contributed by atoms with Crippen molar-refractivity contribution in [3.05, 3.63) is 48.3 Å². The van der Waals surface area contributed by atoms with Crippen molar-refractivity contribution in [1.82, 2.24) is 19.7 Å². The topological polar surface area (TPSA) is 100 Å². The van der Waals surface area contributed by atoms with Gasteiger partial charge in [-0.1, -0.05) is 12.1 Å². The van der Waals surface area contributed by atoms with Gasteiger partial charge in [-0.15, -0.1) is 10.2 Å².